The third-order valence-electron chi connectivity index (χ3n) is 4.02. The molecule has 0 aromatic heterocycles. The van der Waals surface area contributed by atoms with Gasteiger partial charge in [0.1, 0.15) is 11.5 Å². The average molecular weight is 340 g/mol. The van der Waals surface area contributed by atoms with Crippen molar-refractivity contribution >= 4 is 11.8 Å². The van der Waals surface area contributed by atoms with Crippen molar-refractivity contribution < 1.29 is 19.1 Å². The quantitative estimate of drug-likeness (QED) is 0.833. The number of ether oxygens (including phenoxy) is 2. The molecule has 0 saturated carbocycles. The molecule has 6 heteroatoms. The van der Waals surface area contributed by atoms with Gasteiger partial charge in [0.05, 0.1) is 0 Å². The van der Waals surface area contributed by atoms with Crippen LogP contribution in [-0.4, -0.2) is 24.5 Å². The van der Waals surface area contributed by atoms with Gasteiger partial charge < -0.3 is 9.47 Å². The number of hydrazine groups is 1. The monoisotopic (exact) mass is 340 g/mol. The fourth-order valence-electron chi connectivity index (χ4n) is 2.74. The van der Waals surface area contributed by atoms with Crippen molar-refractivity contribution in [2.45, 2.75) is 26.4 Å². The predicted octanol–water partition coefficient (Wildman–Crippen LogP) is 1.83. The maximum Gasteiger partial charge on any atom is 0.279 e. The molecule has 0 fully saturated rings. The van der Waals surface area contributed by atoms with Crippen LogP contribution in [0.2, 0.25) is 0 Å². The molecule has 25 heavy (non-hydrogen) atoms. The molecule has 0 unspecified atom stereocenters. The topological polar surface area (TPSA) is 76.7 Å². The molecule has 130 valence electrons. The smallest absolute Gasteiger partial charge is 0.279 e. The van der Waals surface area contributed by atoms with E-state index in [-0.39, 0.29) is 6.61 Å². The van der Waals surface area contributed by atoms with Gasteiger partial charge in [-0.2, -0.15) is 0 Å². The lowest BCUT2D eigenvalue weighted by Crippen LogP contribution is -2.49. The summed E-state index contributed by atoms with van der Waals surface area (Å²) in [7, 11) is 0. The Bertz CT molecular complexity index is 759. The lowest BCUT2D eigenvalue weighted by Gasteiger charge is -2.14. The van der Waals surface area contributed by atoms with Crippen molar-refractivity contribution in [2.24, 2.45) is 0 Å². The molecule has 0 aliphatic carbocycles. The molecule has 3 rings (SSSR count). The van der Waals surface area contributed by atoms with Crippen LogP contribution < -0.4 is 20.3 Å². The Morgan fingerprint density at radius 2 is 1.80 bits per heavy atom. The average Bonchev–Trinajstić information content (AvgIpc) is 3.03. The van der Waals surface area contributed by atoms with Gasteiger partial charge in [-0.3, -0.25) is 20.4 Å². The number of hydrogen-bond donors (Lipinski definition) is 2. The first-order valence-corrected chi connectivity index (χ1v) is 8.07. The van der Waals surface area contributed by atoms with Crippen molar-refractivity contribution in [3.8, 4) is 11.5 Å². The van der Waals surface area contributed by atoms with E-state index in [1.54, 1.807) is 0 Å². The van der Waals surface area contributed by atoms with Gasteiger partial charge >= 0.3 is 0 Å². The van der Waals surface area contributed by atoms with Gasteiger partial charge in [-0.25, -0.2) is 0 Å². The number of fused-ring (bicyclic) bond motifs is 1. The first-order chi connectivity index (χ1) is 12.0. The van der Waals surface area contributed by atoms with Gasteiger partial charge in [-0.05, 0) is 36.6 Å². The number of carbonyl (C=O) groups excluding carboxylic acids is 2. The van der Waals surface area contributed by atoms with Gasteiger partial charge in [-0.1, -0.05) is 36.4 Å². The van der Waals surface area contributed by atoms with Crippen molar-refractivity contribution in [3.05, 3.63) is 59.2 Å². The fraction of sp³-hybridized carbons (Fsp3) is 0.263. The highest BCUT2D eigenvalue weighted by Crippen LogP contribution is 2.28. The van der Waals surface area contributed by atoms with Crippen LogP contribution in [0.5, 0.6) is 11.5 Å². The van der Waals surface area contributed by atoms with Crippen molar-refractivity contribution in [1.29, 1.82) is 0 Å². The number of benzene rings is 2. The summed E-state index contributed by atoms with van der Waals surface area (Å²) in [4.78, 5) is 24.0. The molecular weight excluding hydrogens is 320 g/mol. The Balaban J connectivity index is 1.46. The maximum absolute atomic E-state index is 12.1. The molecule has 6 nitrogen and oxygen atoms in total. The second kappa shape index (κ2) is 7.25. The van der Waals surface area contributed by atoms with Crippen LogP contribution in [0.1, 0.15) is 16.7 Å². The highest BCUT2D eigenvalue weighted by Gasteiger charge is 2.28. The summed E-state index contributed by atoms with van der Waals surface area (Å²) in [5, 5.41) is 0. The van der Waals surface area contributed by atoms with Gasteiger partial charge in [0, 0.05) is 6.42 Å². The molecular formula is C19H20N2O4. The number of aryl methyl sites for hydroxylation is 2. The number of hydrogen-bond acceptors (Lipinski definition) is 4. The Hall–Kier alpha value is -3.02. The molecule has 2 N–H and O–H groups in total. The molecule has 2 amide bonds. The first-order valence-electron chi connectivity index (χ1n) is 8.07. The van der Waals surface area contributed by atoms with Gasteiger partial charge in [0.15, 0.2) is 12.7 Å². The minimum Gasteiger partial charge on any atom is -0.483 e. The molecule has 1 aliphatic rings. The third-order valence-corrected chi connectivity index (χ3v) is 4.02. The molecule has 2 aromatic carbocycles. The molecule has 0 bridgehead atoms. The van der Waals surface area contributed by atoms with Crippen LogP contribution in [0, 0.1) is 13.8 Å². The number of nitrogens with one attached hydrogen (secondary N) is 2. The van der Waals surface area contributed by atoms with E-state index in [4.69, 9.17) is 9.47 Å². The standard InChI is InChI=1S/C19H20N2O4/c1-12-6-5-7-13(2)18(12)24-11-17(22)20-21-19(23)16-10-14-8-3-4-9-15(14)25-16/h3-9,16H,10-11H2,1-2H3,(H,20,22)(H,21,23)/t16-/m1/s1. The first kappa shape index (κ1) is 16.8. The van der Waals surface area contributed by atoms with Crippen LogP contribution in [0.3, 0.4) is 0 Å². The van der Waals surface area contributed by atoms with E-state index in [1.165, 1.54) is 0 Å². The summed E-state index contributed by atoms with van der Waals surface area (Å²) in [6, 6.07) is 13.2. The van der Waals surface area contributed by atoms with Crippen molar-refractivity contribution in [2.75, 3.05) is 6.61 Å². The number of rotatable bonds is 4. The Labute approximate surface area is 146 Å². The molecule has 2 aromatic rings. The summed E-state index contributed by atoms with van der Waals surface area (Å²) in [5.74, 6) is 0.550. The number of carbonyl (C=O) groups is 2. The molecule has 1 aliphatic heterocycles. The van der Waals surface area contributed by atoms with E-state index in [9.17, 15) is 9.59 Å². The summed E-state index contributed by atoms with van der Waals surface area (Å²) in [6.45, 7) is 3.64. The van der Waals surface area contributed by atoms with E-state index < -0.39 is 17.9 Å². The normalized spacial score (nSPS) is 15.0. The van der Waals surface area contributed by atoms with Crippen LogP contribution in [0.25, 0.3) is 0 Å². The minimum absolute atomic E-state index is 0.183. The summed E-state index contributed by atoms with van der Waals surface area (Å²) >= 11 is 0. The summed E-state index contributed by atoms with van der Waals surface area (Å²) in [5.41, 5.74) is 7.62. The van der Waals surface area contributed by atoms with Gasteiger partial charge in [-0.15, -0.1) is 0 Å². The lowest BCUT2D eigenvalue weighted by molar-refractivity contribution is -0.133. The van der Waals surface area contributed by atoms with E-state index in [2.05, 4.69) is 10.9 Å². The van der Waals surface area contributed by atoms with E-state index in [0.717, 1.165) is 16.7 Å². The van der Waals surface area contributed by atoms with E-state index >= 15 is 0 Å². The zero-order valence-electron chi connectivity index (χ0n) is 14.2. The SMILES string of the molecule is Cc1cccc(C)c1OCC(=O)NNC(=O)[C@H]1Cc2ccccc2O1. The third kappa shape index (κ3) is 3.91. The Morgan fingerprint density at radius 1 is 1.08 bits per heavy atom. The number of para-hydroxylation sites is 2. The Kier molecular flexibility index (Phi) is 4.88. The van der Waals surface area contributed by atoms with Gasteiger partial charge in [0.2, 0.25) is 0 Å². The molecule has 1 heterocycles. The molecule has 1 atom stereocenters. The van der Waals surface area contributed by atoms with Crippen LogP contribution >= 0.6 is 0 Å². The maximum atomic E-state index is 12.1. The van der Waals surface area contributed by atoms with E-state index in [0.29, 0.717) is 17.9 Å². The fourth-order valence-corrected chi connectivity index (χ4v) is 2.74. The molecule has 0 spiro atoms. The predicted molar refractivity (Wildman–Crippen MR) is 92.3 cm³/mol. The molecule has 0 radical (unpaired) electrons. The van der Waals surface area contributed by atoms with Crippen molar-refractivity contribution in [1.82, 2.24) is 10.9 Å². The van der Waals surface area contributed by atoms with Crippen LogP contribution in [0.4, 0.5) is 0 Å². The Morgan fingerprint density at radius 3 is 2.52 bits per heavy atom. The second-order valence-corrected chi connectivity index (χ2v) is 5.97. The van der Waals surface area contributed by atoms with E-state index in [1.807, 2.05) is 56.3 Å². The minimum atomic E-state index is -0.641. The highest BCUT2D eigenvalue weighted by atomic mass is 16.5. The molecule has 0 saturated heterocycles. The highest BCUT2D eigenvalue weighted by molar-refractivity contribution is 5.86. The summed E-state index contributed by atoms with van der Waals surface area (Å²) in [6.07, 6.45) is -0.159. The van der Waals surface area contributed by atoms with Crippen LogP contribution in [-0.2, 0) is 16.0 Å². The second-order valence-electron chi connectivity index (χ2n) is 5.97. The summed E-state index contributed by atoms with van der Waals surface area (Å²) < 4.78 is 11.1. The zero-order valence-corrected chi connectivity index (χ0v) is 14.2. The van der Waals surface area contributed by atoms with Crippen molar-refractivity contribution in [3.63, 3.8) is 0 Å². The lowest BCUT2D eigenvalue weighted by atomic mass is 10.1. The van der Waals surface area contributed by atoms with Crippen LogP contribution in [0.15, 0.2) is 42.5 Å². The zero-order chi connectivity index (χ0) is 17.8. The largest absolute Gasteiger partial charge is 0.483 e. The number of amides is 2. The van der Waals surface area contributed by atoms with Gasteiger partial charge in [0.25, 0.3) is 11.8 Å².